The average molecular weight is 421 g/mol. The van der Waals surface area contributed by atoms with Crippen LogP contribution in [0.3, 0.4) is 0 Å². The number of sulfonamides is 1. The lowest BCUT2D eigenvalue weighted by atomic mass is 10.1. The molecule has 0 saturated carbocycles. The quantitative estimate of drug-likeness (QED) is 0.593. The van der Waals surface area contributed by atoms with Crippen molar-refractivity contribution in [2.45, 2.75) is 10.9 Å². The largest absolute Gasteiger partial charge is 0.491 e. The summed E-state index contributed by atoms with van der Waals surface area (Å²) in [5, 5.41) is 0. The number of nitrogens with one attached hydrogen (secondary N) is 1. The maximum Gasteiger partial charge on any atom is 0.240 e. The Labute approximate surface area is 172 Å². The summed E-state index contributed by atoms with van der Waals surface area (Å²) in [5.41, 5.74) is 1.08. The lowest BCUT2D eigenvalue weighted by Crippen LogP contribution is -2.43. The number of hydrogen-bond donors (Lipinski definition) is 1. The van der Waals surface area contributed by atoms with Crippen LogP contribution in [0.2, 0.25) is 0 Å². The summed E-state index contributed by atoms with van der Waals surface area (Å²) >= 11 is 0. The van der Waals surface area contributed by atoms with Crippen LogP contribution in [0.15, 0.2) is 59.5 Å². The highest BCUT2D eigenvalue weighted by Gasteiger charge is 2.25. The van der Waals surface area contributed by atoms with Crippen molar-refractivity contribution in [2.75, 3.05) is 53.2 Å². The molecule has 2 aromatic carbocycles. The lowest BCUT2D eigenvalue weighted by Gasteiger charge is -2.34. The molecule has 0 bridgehead atoms. The van der Waals surface area contributed by atoms with Crippen molar-refractivity contribution in [1.29, 1.82) is 0 Å². The van der Waals surface area contributed by atoms with E-state index in [1.807, 2.05) is 30.3 Å². The molecule has 1 saturated heterocycles. The van der Waals surface area contributed by atoms with Crippen molar-refractivity contribution < 1.29 is 22.6 Å². The Balaban J connectivity index is 1.67. The Kier molecular flexibility index (Phi) is 8.02. The van der Waals surface area contributed by atoms with Gasteiger partial charge in [0.2, 0.25) is 10.0 Å². The minimum absolute atomic E-state index is 0.0495. The fourth-order valence-electron chi connectivity index (χ4n) is 3.25. The maximum atomic E-state index is 12.8. The third kappa shape index (κ3) is 6.25. The Morgan fingerprint density at radius 1 is 1.03 bits per heavy atom. The van der Waals surface area contributed by atoms with Gasteiger partial charge in [-0.2, -0.15) is 0 Å². The number of morpholine rings is 1. The number of hydrogen-bond acceptors (Lipinski definition) is 6. The Morgan fingerprint density at radius 3 is 2.38 bits per heavy atom. The fourth-order valence-corrected chi connectivity index (χ4v) is 4.29. The standard InChI is InChI=1S/C21H28N2O5S/c1-26-15-16-28-19-7-9-20(10-8-19)29(24,25)22-17-21(18-5-3-2-4-6-18)23-11-13-27-14-12-23/h2-10,21-22H,11-17H2,1H3. The normalized spacial score (nSPS) is 16.4. The van der Waals surface area contributed by atoms with E-state index in [1.54, 1.807) is 31.4 Å². The number of nitrogens with zero attached hydrogens (tertiary/aromatic N) is 1. The molecule has 1 heterocycles. The predicted molar refractivity (Wildman–Crippen MR) is 111 cm³/mol. The van der Waals surface area contributed by atoms with E-state index in [4.69, 9.17) is 14.2 Å². The molecule has 7 nitrogen and oxygen atoms in total. The van der Waals surface area contributed by atoms with Crippen LogP contribution >= 0.6 is 0 Å². The first-order chi connectivity index (χ1) is 14.1. The third-order valence-electron chi connectivity index (χ3n) is 4.83. The van der Waals surface area contributed by atoms with Gasteiger partial charge in [0.15, 0.2) is 0 Å². The molecule has 29 heavy (non-hydrogen) atoms. The van der Waals surface area contributed by atoms with Crippen LogP contribution < -0.4 is 9.46 Å². The zero-order chi connectivity index (χ0) is 20.5. The molecule has 0 spiro atoms. The molecule has 158 valence electrons. The molecule has 1 unspecified atom stereocenters. The summed E-state index contributed by atoms with van der Waals surface area (Å²) in [6.07, 6.45) is 0. The zero-order valence-corrected chi connectivity index (χ0v) is 17.4. The van der Waals surface area contributed by atoms with E-state index in [2.05, 4.69) is 9.62 Å². The van der Waals surface area contributed by atoms with Crippen LogP contribution in [0.5, 0.6) is 5.75 Å². The number of methoxy groups -OCH3 is 1. The van der Waals surface area contributed by atoms with Gasteiger partial charge in [0.05, 0.1) is 24.7 Å². The van der Waals surface area contributed by atoms with Crippen molar-refractivity contribution in [3.8, 4) is 5.75 Å². The number of benzene rings is 2. The summed E-state index contributed by atoms with van der Waals surface area (Å²) < 4.78 is 44.3. The van der Waals surface area contributed by atoms with E-state index in [0.29, 0.717) is 38.7 Å². The van der Waals surface area contributed by atoms with Crippen molar-refractivity contribution >= 4 is 10.0 Å². The van der Waals surface area contributed by atoms with Gasteiger partial charge >= 0.3 is 0 Å². The minimum Gasteiger partial charge on any atom is -0.491 e. The molecule has 1 aliphatic rings. The number of rotatable bonds is 10. The molecule has 1 atom stereocenters. The van der Waals surface area contributed by atoms with Gasteiger partial charge in [-0.25, -0.2) is 13.1 Å². The smallest absolute Gasteiger partial charge is 0.240 e. The van der Waals surface area contributed by atoms with Gasteiger partial charge in [0, 0.05) is 32.8 Å². The molecule has 1 N–H and O–H groups in total. The third-order valence-corrected chi connectivity index (χ3v) is 6.27. The second kappa shape index (κ2) is 10.7. The van der Waals surface area contributed by atoms with Crippen LogP contribution in [0.4, 0.5) is 0 Å². The predicted octanol–water partition coefficient (Wildman–Crippen LogP) is 2.06. The first kappa shape index (κ1) is 21.7. The van der Waals surface area contributed by atoms with E-state index in [-0.39, 0.29) is 10.9 Å². The van der Waals surface area contributed by atoms with E-state index >= 15 is 0 Å². The van der Waals surface area contributed by atoms with E-state index < -0.39 is 10.0 Å². The van der Waals surface area contributed by atoms with Gasteiger partial charge in [-0.3, -0.25) is 4.90 Å². The summed E-state index contributed by atoms with van der Waals surface area (Å²) in [6.45, 7) is 4.03. The second-order valence-corrected chi connectivity index (χ2v) is 8.51. The van der Waals surface area contributed by atoms with Crippen molar-refractivity contribution in [2.24, 2.45) is 0 Å². The molecular weight excluding hydrogens is 392 g/mol. The topological polar surface area (TPSA) is 77.1 Å². The molecule has 0 aromatic heterocycles. The summed E-state index contributed by atoms with van der Waals surface area (Å²) in [5.74, 6) is 0.608. The van der Waals surface area contributed by atoms with Gasteiger partial charge in [-0.05, 0) is 29.8 Å². The van der Waals surface area contributed by atoms with Crippen molar-refractivity contribution in [3.63, 3.8) is 0 Å². The van der Waals surface area contributed by atoms with E-state index in [0.717, 1.165) is 18.7 Å². The molecule has 3 rings (SSSR count). The average Bonchev–Trinajstić information content (AvgIpc) is 2.76. The van der Waals surface area contributed by atoms with Gasteiger partial charge in [-0.15, -0.1) is 0 Å². The van der Waals surface area contributed by atoms with Gasteiger partial charge in [-0.1, -0.05) is 30.3 Å². The first-order valence-corrected chi connectivity index (χ1v) is 11.2. The summed E-state index contributed by atoms with van der Waals surface area (Å²) in [6, 6.07) is 16.3. The molecule has 1 aliphatic heterocycles. The second-order valence-electron chi connectivity index (χ2n) is 6.74. The highest BCUT2D eigenvalue weighted by Crippen LogP contribution is 2.22. The van der Waals surface area contributed by atoms with Gasteiger partial charge < -0.3 is 14.2 Å². The lowest BCUT2D eigenvalue weighted by molar-refractivity contribution is 0.0172. The zero-order valence-electron chi connectivity index (χ0n) is 16.6. The molecule has 8 heteroatoms. The summed E-state index contributed by atoms with van der Waals surface area (Å²) in [4.78, 5) is 2.47. The van der Waals surface area contributed by atoms with Gasteiger partial charge in [0.1, 0.15) is 12.4 Å². The first-order valence-electron chi connectivity index (χ1n) is 9.68. The van der Waals surface area contributed by atoms with Crippen LogP contribution in [0.25, 0.3) is 0 Å². The van der Waals surface area contributed by atoms with Crippen LogP contribution in [-0.2, 0) is 19.5 Å². The Hall–Kier alpha value is -1.97. The van der Waals surface area contributed by atoms with Crippen LogP contribution in [0.1, 0.15) is 11.6 Å². The molecule has 2 aromatic rings. The molecular formula is C21H28N2O5S. The minimum atomic E-state index is -3.63. The van der Waals surface area contributed by atoms with E-state index in [9.17, 15) is 8.42 Å². The molecule has 0 aliphatic carbocycles. The summed E-state index contributed by atoms with van der Waals surface area (Å²) in [7, 11) is -2.03. The molecule has 1 fully saturated rings. The van der Waals surface area contributed by atoms with Gasteiger partial charge in [0.25, 0.3) is 0 Å². The van der Waals surface area contributed by atoms with Crippen molar-refractivity contribution in [3.05, 3.63) is 60.2 Å². The highest BCUT2D eigenvalue weighted by molar-refractivity contribution is 7.89. The maximum absolute atomic E-state index is 12.8. The highest BCUT2D eigenvalue weighted by atomic mass is 32.2. The monoisotopic (exact) mass is 420 g/mol. The SMILES string of the molecule is COCCOc1ccc(S(=O)(=O)NCC(c2ccccc2)N2CCOCC2)cc1. The number of ether oxygens (including phenoxy) is 3. The van der Waals surface area contributed by atoms with E-state index in [1.165, 1.54) is 0 Å². The van der Waals surface area contributed by atoms with Crippen molar-refractivity contribution in [1.82, 2.24) is 9.62 Å². The Morgan fingerprint density at radius 2 is 1.72 bits per heavy atom. The Bertz CT molecular complexity index is 837. The molecule has 0 radical (unpaired) electrons. The molecule has 0 amide bonds. The fraction of sp³-hybridized carbons (Fsp3) is 0.429. The van der Waals surface area contributed by atoms with Crippen LogP contribution in [0, 0.1) is 0 Å². The van der Waals surface area contributed by atoms with Crippen LogP contribution in [-0.4, -0.2) is 66.5 Å².